The molecule has 13 heteroatoms. The van der Waals surface area contributed by atoms with Gasteiger partial charge < -0.3 is 19.6 Å². The van der Waals surface area contributed by atoms with Crippen LogP contribution < -0.4 is 9.64 Å². The Bertz CT molecular complexity index is 1040. The van der Waals surface area contributed by atoms with Gasteiger partial charge in [-0.3, -0.25) is 14.6 Å². The van der Waals surface area contributed by atoms with E-state index in [1.54, 1.807) is 22.2 Å². The van der Waals surface area contributed by atoms with Crippen molar-refractivity contribution in [1.82, 2.24) is 19.9 Å². The summed E-state index contributed by atoms with van der Waals surface area (Å²) >= 11 is 0. The highest BCUT2D eigenvalue weighted by Crippen LogP contribution is 2.41. The first-order chi connectivity index (χ1) is 16.1. The zero-order valence-corrected chi connectivity index (χ0v) is 18.2. The summed E-state index contributed by atoms with van der Waals surface area (Å²) in [6.45, 7) is 1.65. The maximum Gasteiger partial charge on any atom is 0.490 e. The number of alkyl halides is 3. The lowest BCUT2D eigenvalue weighted by Gasteiger charge is -2.38. The van der Waals surface area contributed by atoms with Crippen molar-refractivity contribution < 1.29 is 37.4 Å². The van der Waals surface area contributed by atoms with E-state index in [2.05, 4.69) is 15.0 Å². The van der Waals surface area contributed by atoms with Crippen LogP contribution >= 0.6 is 0 Å². The van der Waals surface area contributed by atoms with Gasteiger partial charge in [0.1, 0.15) is 0 Å². The fourth-order valence-electron chi connectivity index (χ4n) is 3.94. The number of likely N-dealkylation sites (tertiary alicyclic amines) is 1. The number of nitrogens with zero attached hydrogens (tertiary/aromatic N) is 5. The molecule has 1 spiro atoms. The summed E-state index contributed by atoms with van der Waals surface area (Å²) in [5.41, 5.74) is 0.275. The second kappa shape index (κ2) is 10.0. The van der Waals surface area contributed by atoms with Gasteiger partial charge in [-0.15, -0.1) is 0 Å². The van der Waals surface area contributed by atoms with E-state index in [1.165, 1.54) is 19.5 Å². The molecule has 182 valence electrons. The summed E-state index contributed by atoms with van der Waals surface area (Å²) in [5, 5.41) is 7.12. The number of aliphatic carboxylic acids is 1. The van der Waals surface area contributed by atoms with Crippen molar-refractivity contribution in [3.63, 3.8) is 0 Å². The Morgan fingerprint density at radius 3 is 2.38 bits per heavy atom. The van der Waals surface area contributed by atoms with E-state index < -0.39 is 17.6 Å². The average Bonchev–Trinajstić information content (AvgIpc) is 3.14. The molecule has 0 aromatic carbocycles. The van der Waals surface area contributed by atoms with Crippen molar-refractivity contribution in [3.05, 3.63) is 42.7 Å². The number of hydrogen-bond acceptors (Lipinski definition) is 7. The molecule has 2 aromatic heterocycles. The largest absolute Gasteiger partial charge is 0.494 e. The number of methoxy groups -OCH3 is 1. The summed E-state index contributed by atoms with van der Waals surface area (Å²) in [4.78, 5) is 50.7. The SMILES string of the molecule is COc1cnc(C(=O)N2CCCC3(CCN(c4cccnc4)C3=O)C2)nc1.O=C(O)C(F)(F)F. The van der Waals surface area contributed by atoms with Crippen LogP contribution in [0.2, 0.25) is 0 Å². The molecule has 0 saturated carbocycles. The van der Waals surface area contributed by atoms with E-state index in [1.807, 2.05) is 12.1 Å². The Morgan fingerprint density at radius 1 is 1.15 bits per heavy atom. The van der Waals surface area contributed by atoms with E-state index in [0.29, 0.717) is 25.4 Å². The van der Waals surface area contributed by atoms with Crippen molar-refractivity contribution >= 4 is 23.5 Å². The number of piperidine rings is 1. The van der Waals surface area contributed by atoms with Gasteiger partial charge in [-0.05, 0) is 31.4 Å². The van der Waals surface area contributed by atoms with Crippen molar-refractivity contribution in [1.29, 1.82) is 0 Å². The van der Waals surface area contributed by atoms with Gasteiger partial charge in [0, 0.05) is 25.8 Å². The molecule has 2 aliphatic rings. The predicted octanol–water partition coefficient (Wildman–Crippen LogP) is 2.17. The van der Waals surface area contributed by atoms with Crippen LogP contribution in [0, 0.1) is 5.41 Å². The molecular weight excluding hydrogens is 459 g/mol. The molecule has 1 N–H and O–H groups in total. The Balaban J connectivity index is 0.000000406. The first kappa shape index (κ1) is 24.9. The molecular formula is C21H22F3N5O5. The maximum atomic E-state index is 13.2. The van der Waals surface area contributed by atoms with Crippen LogP contribution in [0.1, 0.15) is 29.9 Å². The first-order valence-corrected chi connectivity index (χ1v) is 10.2. The average molecular weight is 481 g/mol. The van der Waals surface area contributed by atoms with Gasteiger partial charge in [-0.25, -0.2) is 14.8 Å². The zero-order valence-electron chi connectivity index (χ0n) is 18.2. The van der Waals surface area contributed by atoms with Crippen molar-refractivity contribution in [3.8, 4) is 5.75 Å². The Morgan fingerprint density at radius 2 is 1.82 bits per heavy atom. The molecule has 4 rings (SSSR count). The molecule has 0 radical (unpaired) electrons. The maximum absolute atomic E-state index is 13.2. The molecule has 1 atom stereocenters. The third kappa shape index (κ3) is 5.41. The third-order valence-electron chi connectivity index (χ3n) is 5.63. The number of hydrogen-bond donors (Lipinski definition) is 1. The van der Waals surface area contributed by atoms with Crippen LogP contribution in [-0.2, 0) is 9.59 Å². The number of amides is 2. The Hall–Kier alpha value is -3.77. The summed E-state index contributed by atoms with van der Waals surface area (Å²) in [7, 11) is 1.52. The lowest BCUT2D eigenvalue weighted by molar-refractivity contribution is -0.192. The highest BCUT2D eigenvalue weighted by Gasteiger charge is 2.50. The van der Waals surface area contributed by atoms with Crippen LogP contribution in [0.15, 0.2) is 36.9 Å². The van der Waals surface area contributed by atoms with Gasteiger partial charge in [0.05, 0.1) is 36.8 Å². The van der Waals surface area contributed by atoms with Gasteiger partial charge >= 0.3 is 12.1 Å². The minimum absolute atomic E-state index is 0.0728. The number of carbonyl (C=O) groups is 3. The third-order valence-corrected chi connectivity index (χ3v) is 5.63. The molecule has 2 fully saturated rings. The highest BCUT2D eigenvalue weighted by atomic mass is 19.4. The second-order valence-corrected chi connectivity index (χ2v) is 7.78. The standard InChI is InChI=1S/C19H21N5O3.C2HF3O2/c1-27-15-11-21-16(22-12-15)17(25)23-8-3-5-19(13-23)6-9-24(18(19)26)14-4-2-7-20-10-14;3-2(4,5)1(6)7/h2,4,7,10-12H,3,5-6,8-9,13H2,1H3;(H,6,7). The van der Waals surface area contributed by atoms with Crippen molar-refractivity contribution in [2.45, 2.75) is 25.4 Å². The number of ether oxygens (including phenoxy) is 1. The smallest absolute Gasteiger partial charge is 0.490 e. The molecule has 4 heterocycles. The number of rotatable bonds is 3. The number of aromatic nitrogens is 3. The number of anilines is 1. The van der Waals surface area contributed by atoms with Gasteiger partial charge in [-0.1, -0.05) is 0 Å². The molecule has 10 nitrogen and oxygen atoms in total. The first-order valence-electron chi connectivity index (χ1n) is 10.2. The summed E-state index contributed by atoms with van der Waals surface area (Å²) < 4.78 is 36.8. The van der Waals surface area contributed by atoms with Crippen LogP contribution in [0.3, 0.4) is 0 Å². The van der Waals surface area contributed by atoms with Crippen LogP contribution in [0.25, 0.3) is 0 Å². The van der Waals surface area contributed by atoms with Crippen LogP contribution in [0.5, 0.6) is 5.75 Å². The lowest BCUT2D eigenvalue weighted by Crippen LogP contribution is -2.50. The highest BCUT2D eigenvalue weighted by molar-refractivity contribution is 6.00. The summed E-state index contributed by atoms with van der Waals surface area (Å²) in [5.74, 6) is -2.30. The number of carboxylic acids is 1. The van der Waals surface area contributed by atoms with Crippen LogP contribution in [-0.4, -0.2) is 75.7 Å². The topological polar surface area (TPSA) is 126 Å². The molecule has 2 saturated heterocycles. The fourth-order valence-corrected chi connectivity index (χ4v) is 3.94. The quantitative estimate of drug-likeness (QED) is 0.707. The molecule has 34 heavy (non-hydrogen) atoms. The number of pyridine rings is 1. The van der Waals surface area contributed by atoms with Crippen molar-refractivity contribution in [2.24, 2.45) is 5.41 Å². The lowest BCUT2D eigenvalue weighted by atomic mass is 9.78. The van der Waals surface area contributed by atoms with E-state index in [9.17, 15) is 22.8 Å². The monoisotopic (exact) mass is 481 g/mol. The summed E-state index contributed by atoms with van der Waals surface area (Å²) in [6, 6.07) is 3.71. The number of carbonyl (C=O) groups excluding carboxylic acids is 2. The van der Waals surface area contributed by atoms with Crippen molar-refractivity contribution in [2.75, 3.05) is 31.6 Å². The van der Waals surface area contributed by atoms with E-state index in [0.717, 1.165) is 24.9 Å². The molecule has 1 unspecified atom stereocenters. The van der Waals surface area contributed by atoms with Gasteiger partial charge in [0.2, 0.25) is 11.7 Å². The zero-order chi connectivity index (χ0) is 24.9. The molecule has 2 aromatic rings. The Labute approximate surface area is 192 Å². The molecule has 0 aliphatic carbocycles. The number of halogens is 3. The minimum Gasteiger partial charge on any atom is -0.494 e. The van der Waals surface area contributed by atoms with Crippen LogP contribution in [0.4, 0.5) is 18.9 Å². The minimum atomic E-state index is -5.08. The fraction of sp³-hybridized carbons (Fsp3) is 0.429. The second-order valence-electron chi connectivity index (χ2n) is 7.78. The van der Waals surface area contributed by atoms with E-state index >= 15 is 0 Å². The predicted molar refractivity (Wildman–Crippen MR) is 111 cm³/mol. The molecule has 2 aliphatic heterocycles. The molecule has 2 amide bonds. The summed E-state index contributed by atoms with van der Waals surface area (Å²) in [6.07, 6.45) is 3.57. The normalized spacial score (nSPS) is 20.1. The van der Waals surface area contributed by atoms with E-state index in [4.69, 9.17) is 14.6 Å². The van der Waals surface area contributed by atoms with Gasteiger partial charge in [0.25, 0.3) is 5.91 Å². The van der Waals surface area contributed by atoms with Gasteiger partial charge in [0.15, 0.2) is 5.75 Å². The van der Waals surface area contributed by atoms with Gasteiger partial charge in [-0.2, -0.15) is 13.2 Å². The Kier molecular flexibility index (Phi) is 7.32. The van der Waals surface area contributed by atoms with E-state index in [-0.39, 0.29) is 17.6 Å². The molecule has 0 bridgehead atoms. The number of carboxylic acid groups (broad SMARTS) is 1.